The minimum absolute atomic E-state index is 0.0481. The zero-order valence-electron chi connectivity index (χ0n) is 17.7. The predicted molar refractivity (Wildman–Crippen MR) is 124 cm³/mol. The second-order valence-corrected chi connectivity index (χ2v) is 8.25. The third kappa shape index (κ3) is 5.11. The maximum absolute atomic E-state index is 12.4. The third-order valence-corrected chi connectivity index (χ3v) is 6.12. The highest BCUT2D eigenvalue weighted by atomic mass is 32.1. The van der Waals surface area contributed by atoms with Gasteiger partial charge in [0.05, 0.1) is 19.2 Å². The van der Waals surface area contributed by atoms with Gasteiger partial charge in [0.2, 0.25) is 0 Å². The Hall–Kier alpha value is -3.19. The molecule has 6 nitrogen and oxygen atoms in total. The van der Waals surface area contributed by atoms with E-state index in [1.165, 1.54) is 11.3 Å². The minimum atomic E-state index is -0.0481. The van der Waals surface area contributed by atoms with Crippen molar-refractivity contribution in [3.63, 3.8) is 0 Å². The summed E-state index contributed by atoms with van der Waals surface area (Å²) in [6.45, 7) is 1.34. The molecule has 2 aromatic carbocycles. The largest absolute Gasteiger partial charge is 0.497 e. The third-order valence-electron chi connectivity index (χ3n) is 5.33. The minimum Gasteiger partial charge on any atom is -0.497 e. The van der Waals surface area contributed by atoms with Crippen LogP contribution in [-0.2, 0) is 0 Å². The van der Waals surface area contributed by atoms with Crippen molar-refractivity contribution in [2.75, 3.05) is 32.6 Å². The summed E-state index contributed by atoms with van der Waals surface area (Å²) in [7, 11) is 3.31. The van der Waals surface area contributed by atoms with Gasteiger partial charge in [-0.15, -0.1) is 11.3 Å². The summed E-state index contributed by atoms with van der Waals surface area (Å²) in [5.74, 6) is 2.36. The van der Waals surface area contributed by atoms with Crippen LogP contribution in [0.3, 0.4) is 0 Å². The van der Waals surface area contributed by atoms with E-state index in [0.717, 1.165) is 46.2 Å². The van der Waals surface area contributed by atoms with Crippen LogP contribution < -0.4 is 19.5 Å². The number of anilines is 1. The van der Waals surface area contributed by atoms with E-state index in [1.54, 1.807) is 14.2 Å². The van der Waals surface area contributed by atoms with Crippen LogP contribution in [0.2, 0.25) is 0 Å². The molecule has 1 N–H and O–H groups in total. The van der Waals surface area contributed by atoms with Crippen molar-refractivity contribution in [1.29, 1.82) is 0 Å². The van der Waals surface area contributed by atoms with Crippen molar-refractivity contribution < 1.29 is 19.0 Å². The Labute approximate surface area is 186 Å². The van der Waals surface area contributed by atoms with Crippen LogP contribution in [0, 0.1) is 0 Å². The number of amides is 2. The quantitative estimate of drug-likeness (QED) is 0.551. The molecule has 2 heterocycles. The lowest BCUT2D eigenvalue weighted by Crippen LogP contribution is -2.43. The number of carbonyl (C=O) groups is 1. The average molecular weight is 439 g/mol. The van der Waals surface area contributed by atoms with E-state index in [4.69, 9.17) is 14.2 Å². The Morgan fingerprint density at radius 2 is 1.84 bits per heavy atom. The molecule has 4 rings (SSSR count). The number of carbonyl (C=O) groups excluding carboxylic acids is 1. The first kappa shape index (κ1) is 21.1. The number of nitrogens with zero attached hydrogens (tertiary/aromatic N) is 1. The highest BCUT2D eigenvalue weighted by molar-refractivity contribution is 7.14. The van der Waals surface area contributed by atoms with Gasteiger partial charge in [-0.05, 0) is 53.4 Å². The molecule has 0 unspecified atom stereocenters. The molecule has 162 valence electrons. The summed E-state index contributed by atoms with van der Waals surface area (Å²) < 4.78 is 17.1. The molecule has 1 aliphatic rings. The van der Waals surface area contributed by atoms with Gasteiger partial charge in [0, 0.05) is 31.5 Å². The van der Waals surface area contributed by atoms with Gasteiger partial charge in [-0.25, -0.2) is 4.79 Å². The van der Waals surface area contributed by atoms with Crippen molar-refractivity contribution in [2.45, 2.75) is 18.9 Å². The summed E-state index contributed by atoms with van der Waals surface area (Å²) in [6.07, 6.45) is 1.67. The van der Waals surface area contributed by atoms with Crippen LogP contribution in [0.4, 0.5) is 9.80 Å². The fraction of sp³-hybridized carbons (Fsp3) is 0.292. The standard InChI is InChI=1S/C24H26N2O4S/c1-28-19-8-9-22(29-2)21(16-19)17-5-3-6-20(15-17)30-18-10-12-26(13-11-18)24(27)25-23-7-4-14-31-23/h3-9,14-16,18H,10-13H2,1-2H3,(H,25,27). The normalized spacial score (nSPS) is 14.2. The number of methoxy groups -OCH3 is 2. The summed E-state index contributed by atoms with van der Waals surface area (Å²) in [5.41, 5.74) is 1.95. The van der Waals surface area contributed by atoms with E-state index < -0.39 is 0 Å². The Bertz CT molecular complexity index is 1010. The number of ether oxygens (including phenoxy) is 3. The molecule has 0 spiro atoms. The van der Waals surface area contributed by atoms with Crippen LogP contribution in [-0.4, -0.2) is 44.3 Å². The smallest absolute Gasteiger partial charge is 0.322 e. The number of nitrogens with one attached hydrogen (secondary N) is 1. The topological polar surface area (TPSA) is 60.0 Å². The van der Waals surface area contributed by atoms with E-state index in [1.807, 2.05) is 64.9 Å². The number of thiophene rings is 1. The fourth-order valence-corrected chi connectivity index (χ4v) is 4.29. The van der Waals surface area contributed by atoms with E-state index in [9.17, 15) is 4.79 Å². The zero-order chi connectivity index (χ0) is 21.6. The van der Waals surface area contributed by atoms with E-state index >= 15 is 0 Å². The van der Waals surface area contributed by atoms with Crippen LogP contribution in [0.15, 0.2) is 60.0 Å². The Morgan fingerprint density at radius 3 is 2.55 bits per heavy atom. The number of benzene rings is 2. The number of piperidine rings is 1. The van der Waals surface area contributed by atoms with Gasteiger partial charge < -0.3 is 19.1 Å². The van der Waals surface area contributed by atoms with Gasteiger partial charge >= 0.3 is 6.03 Å². The highest BCUT2D eigenvalue weighted by Crippen LogP contribution is 2.35. The molecule has 1 fully saturated rings. The van der Waals surface area contributed by atoms with Crippen molar-refractivity contribution in [3.05, 3.63) is 60.0 Å². The van der Waals surface area contributed by atoms with E-state index in [0.29, 0.717) is 13.1 Å². The number of urea groups is 1. The monoisotopic (exact) mass is 438 g/mol. The molecule has 7 heteroatoms. The van der Waals surface area contributed by atoms with E-state index in [2.05, 4.69) is 5.32 Å². The molecule has 3 aromatic rings. The lowest BCUT2D eigenvalue weighted by molar-refractivity contribution is 0.115. The molecular weight excluding hydrogens is 412 g/mol. The number of hydrogen-bond acceptors (Lipinski definition) is 5. The molecule has 0 bridgehead atoms. The molecule has 0 radical (unpaired) electrons. The lowest BCUT2D eigenvalue weighted by Gasteiger charge is -2.32. The first-order chi connectivity index (χ1) is 15.2. The van der Waals surface area contributed by atoms with Gasteiger partial charge in [-0.3, -0.25) is 5.32 Å². The van der Waals surface area contributed by atoms with Gasteiger partial charge in [0.15, 0.2) is 0 Å². The van der Waals surface area contributed by atoms with Crippen LogP contribution in [0.25, 0.3) is 11.1 Å². The van der Waals surface area contributed by atoms with Crippen LogP contribution >= 0.6 is 11.3 Å². The molecule has 1 aliphatic heterocycles. The Morgan fingerprint density at radius 1 is 1.00 bits per heavy atom. The van der Waals surface area contributed by atoms with Gasteiger partial charge in [0.1, 0.15) is 23.4 Å². The maximum atomic E-state index is 12.4. The predicted octanol–water partition coefficient (Wildman–Crippen LogP) is 5.51. The SMILES string of the molecule is COc1ccc(OC)c(-c2cccc(OC3CCN(C(=O)Nc4cccs4)CC3)c2)c1. The number of likely N-dealkylation sites (tertiary alicyclic amines) is 1. The highest BCUT2D eigenvalue weighted by Gasteiger charge is 2.24. The molecule has 31 heavy (non-hydrogen) atoms. The van der Waals surface area contributed by atoms with Crippen LogP contribution in [0.1, 0.15) is 12.8 Å². The molecule has 1 saturated heterocycles. The second kappa shape index (κ2) is 9.75. The first-order valence-corrected chi connectivity index (χ1v) is 11.1. The Kier molecular flexibility index (Phi) is 6.62. The molecule has 0 aliphatic carbocycles. The molecule has 0 saturated carbocycles. The fourth-order valence-electron chi connectivity index (χ4n) is 3.68. The molecular formula is C24H26N2O4S. The summed E-state index contributed by atoms with van der Waals surface area (Å²) in [6, 6.07) is 17.5. The number of rotatable bonds is 6. The average Bonchev–Trinajstić information content (AvgIpc) is 3.32. The second-order valence-electron chi connectivity index (χ2n) is 7.31. The molecule has 2 amide bonds. The van der Waals surface area contributed by atoms with Gasteiger partial charge in [-0.2, -0.15) is 0 Å². The summed E-state index contributed by atoms with van der Waals surface area (Å²) in [5, 5.41) is 5.76. The number of hydrogen-bond donors (Lipinski definition) is 1. The molecule has 1 aromatic heterocycles. The van der Waals surface area contributed by atoms with Crippen molar-refractivity contribution in [2.24, 2.45) is 0 Å². The summed E-state index contributed by atoms with van der Waals surface area (Å²) in [4.78, 5) is 14.2. The Balaban J connectivity index is 1.38. The first-order valence-electron chi connectivity index (χ1n) is 10.2. The van der Waals surface area contributed by atoms with Gasteiger partial charge in [-0.1, -0.05) is 12.1 Å². The summed E-state index contributed by atoms with van der Waals surface area (Å²) >= 11 is 1.52. The van der Waals surface area contributed by atoms with E-state index in [-0.39, 0.29) is 12.1 Å². The lowest BCUT2D eigenvalue weighted by atomic mass is 10.0. The molecule has 0 atom stereocenters. The van der Waals surface area contributed by atoms with Crippen LogP contribution in [0.5, 0.6) is 17.2 Å². The van der Waals surface area contributed by atoms with Crippen molar-refractivity contribution >= 4 is 22.4 Å². The maximum Gasteiger partial charge on any atom is 0.322 e. The van der Waals surface area contributed by atoms with Crippen molar-refractivity contribution in [3.8, 4) is 28.4 Å². The zero-order valence-corrected chi connectivity index (χ0v) is 18.5. The van der Waals surface area contributed by atoms with Gasteiger partial charge in [0.25, 0.3) is 0 Å². The van der Waals surface area contributed by atoms with Crippen molar-refractivity contribution in [1.82, 2.24) is 4.90 Å².